The Hall–Kier alpha value is -3.49. The molecule has 14 heteroatoms. The Balaban J connectivity index is 1.62. The number of thiol groups is 1. The number of hydrogen-bond acceptors (Lipinski definition) is 8. The molecule has 3 rings (SSSR count). The number of benzene rings is 1. The zero-order valence-electron chi connectivity index (χ0n) is 21.3. The van der Waals surface area contributed by atoms with Gasteiger partial charge in [0.15, 0.2) is 0 Å². The molecule has 0 radical (unpaired) electrons. The highest BCUT2D eigenvalue weighted by molar-refractivity contribution is 7.98. The van der Waals surface area contributed by atoms with Gasteiger partial charge in [0, 0.05) is 41.2 Å². The van der Waals surface area contributed by atoms with Gasteiger partial charge in [0.1, 0.15) is 18.1 Å². The number of hydrogen-bond donors (Lipinski definition) is 8. The Morgan fingerprint density at radius 2 is 1.72 bits per heavy atom. The molecule has 0 saturated heterocycles. The molecule has 0 aliphatic heterocycles. The smallest absolute Gasteiger partial charge is 0.326 e. The average molecular weight is 576 g/mol. The molecule has 0 aliphatic carbocycles. The van der Waals surface area contributed by atoms with Crippen molar-refractivity contribution in [1.82, 2.24) is 30.9 Å². The SMILES string of the molecule is CSCCC(NC(=O)C(N)Cc1c[nH]c2ccccc12)C(=O)NC(CS)C(=O)NC(Cc1cnc[nH]1)C(=O)O. The Bertz CT molecular complexity index is 1270. The zero-order valence-corrected chi connectivity index (χ0v) is 23.1. The molecule has 4 atom stereocenters. The second kappa shape index (κ2) is 14.6. The van der Waals surface area contributed by atoms with Crippen LogP contribution in [0.5, 0.6) is 0 Å². The Morgan fingerprint density at radius 3 is 2.38 bits per heavy atom. The lowest BCUT2D eigenvalue weighted by Crippen LogP contribution is -2.58. The number of amides is 3. The Morgan fingerprint density at radius 1 is 1.03 bits per heavy atom. The summed E-state index contributed by atoms with van der Waals surface area (Å²) in [7, 11) is 0. The number of nitrogens with two attached hydrogens (primary N) is 1. The van der Waals surface area contributed by atoms with Gasteiger partial charge in [0.05, 0.1) is 12.4 Å². The van der Waals surface area contributed by atoms with Gasteiger partial charge in [-0.3, -0.25) is 14.4 Å². The molecule has 2 heterocycles. The maximum Gasteiger partial charge on any atom is 0.326 e. The van der Waals surface area contributed by atoms with E-state index >= 15 is 0 Å². The van der Waals surface area contributed by atoms with Crippen LogP contribution in [0.4, 0.5) is 0 Å². The van der Waals surface area contributed by atoms with Crippen LogP contribution in [0, 0.1) is 0 Å². The second-order valence-corrected chi connectivity index (χ2v) is 10.3. The summed E-state index contributed by atoms with van der Waals surface area (Å²) in [6.07, 6.45) is 7.09. The molecule has 1 aromatic carbocycles. The molecule has 2 aromatic heterocycles. The van der Waals surface area contributed by atoms with E-state index in [1.165, 1.54) is 24.3 Å². The number of thioether (sulfide) groups is 1. The molecule has 0 aliphatic rings. The van der Waals surface area contributed by atoms with Gasteiger partial charge >= 0.3 is 5.97 Å². The maximum atomic E-state index is 13.1. The van der Waals surface area contributed by atoms with Crippen molar-refractivity contribution in [3.63, 3.8) is 0 Å². The van der Waals surface area contributed by atoms with Crippen molar-refractivity contribution in [2.75, 3.05) is 17.8 Å². The molecular formula is C25H33N7O5S2. The lowest BCUT2D eigenvalue weighted by Gasteiger charge is -2.24. The standard InChI is InChI=1S/C25H33N7O5S2/c1-39-7-6-19(30-22(33)17(26)8-14-10-28-18-5-3-2-4-16(14)18)23(34)32-21(12-38)24(35)31-20(25(36)37)9-15-11-27-13-29-15/h2-5,10-11,13,17,19-21,28,38H,6-9,12,26H2,1H3,(H,27,29)(H,30,33)(H,31,35)(H,32,34)(H,36,37). The number of nitrogens with zero attached hydrogens (tertiary/aromatic N) is 1. The molecule has 210 valence electrons. The number of aromatic nitrogens is 3. The third-order valence-electron chi connectivity index (χ3n) is 6.10. The van der Waals surface area contributed by atoms with Crippen LogP contribution in [-0.2, 0) is 32.0 Å². The first-order chi connectivity index (χ1) is 18.7. The summed E-state index contributed by atoms with van der Waals surface area (Å²) in [6.45, 7) is 0. The summed E-state index contributed by atoms with van der Waals surface area (Å²) in [5.74, 6) is -2.56. The summed E-state index contributed by atoms with van der Waals surface area (Å²) in [5, 5.41) is 18.2. The lowest BCUT2D eigenvalue weighted by atomic mass is 10.0. The van der Waals surface area contributed by atoms with E-state index in [4.69, 9.17) is 5.73 Å². The normalized spacial score (nSPS) is 14.2. The third kappa shape index (κ3) is 8.50. The average Bonchev–Trinajstić information content (AvgIpc) is 3.59. The molecule has 39 heavy (non-hydrogen) atoms. The van der Waals surface area contributed by atoms with Gasteiger partial charge in [-0.2, -0.15) is 24.4 Å². The molecule has 4 unspecified atom stereocenters. The van der Waals surface area contributed by atoms with E-state index in [1.54, 1.807) is 0 Å². The van der Waals surface area contributed by atoms with Crippen LogP contribution in [0.25, 0.3) is 10.9 Å². The number of carboxylic acids is 1. The van der Waals surface area contributed by atoms with Crippen molar-refractivity contribution in [3.8, 4) is 0 Å². The number of carboxylic acid groups (broad SMARTS) is 1. The number of fused-ring (bicyclic) bond motifs is 1. The van der Waals surface area contributed by atoms with Gasteiger partial charge in [-0.25, -0.2) is 9.78 Å². The van der Waals surface area contributed by atoms with Crippen LogP contribution in [0.15, 0.2) is 43.0 Å². The van der Waals surface area contributed by atoms with Crippen LogP contribution in [0.2, 0.25) is 0 Å². The van der Waals surface area contributed by atoms with E-state index in [-0.39, 0.29) is 18.6 Å². The molecule has 8 N–H and O–H groups in total. The minimum atomic E-state index is -1.24. The van der Waals surface area contributed by atoms with Crippen molar-refractivity contribution in [2.45, 2.75) is 43.4 Å². The number of aromatic amines is 2. The highest BCUT2D eigenvalue weighted by Gasteiger charge is 2.30. The third-order valence-corrected chi connectivity index (χ3v) is 7.11. The van der Waals surface area contributed by atoms with Crippen molar-refractivity contribution in [3.05, 3.63) is 54.2 Å². The van der Waals surface area contributed by atoms with E-state index in [2.05, 4.69) is 43.5 Å². The van der Waals surface area contributed by atoms with Crippen molar-refractivity contribution < 1.29 is 24.3 Å². The van der Waals surface area contributed by atoms with Crippen LogP contribution >= 0.6 is 24.4 Å². The predicted molar refractivity (Wildman–Crippen MR) is 153 cm³/mol. The Kier molecular flexibility index (Phi) is 11.3. The van der Waals surface area contributed by atoms with Crippen LogP contribution < -0.4 is 21.7 Å². The fourth-order valence-electron chi connectivity index (χ4n) is 3.97. The van der Waals surface area contributed by atoms with Crippen LogP contribution in [-0.4, -0.2) is 85.7 Å². The molecule has 12 nitrogen and oxygen atoms in total. The monoisotopic (exact) mass is 575 g/mol. The number of nitrogens with one attached hydrogen (secondary N) is 5. The zero-order chi connectivity index (χ0) is 28.4. The number of carbonyl (C=O) groups excluding carboxylic acids is 3. The predicted octanol–water partition coefficient (Wildman–Crippen LogP) is 0.225. The fourth-order valence-corrected chi connectivity index (χ4v) is 4.70. The van der Waals surface area contributed by atoms with Crippen LogP contribution in [0.3, 0.4) is 0 Å². The largest absolute Gasteiger partial charge is 0.480 e. The van der Waals surface area contributed by atoms with Crippen molar-refractivity contribution in [1.29, 1.82) is 0 Å². The maximum absolute atomic E-state index is 13.1. The number of carbonyl (C=O) groups is 4. The van der Waals surface area contributed by atoms with E-state index in [0.29, 0.717) is 17.9 Å². The molecule has 0 bridgehead atoms. The van der Waals surface area contributed by atoms with Gasteiger partial charge < -0.3 is 36.8 Å². The van der Waals surface area contributed by atoms with Gasteiger partial charge in [0.25, 0.3) is 0 Å². The molecule has 0 fully saturated rings. The minimum absolute atomic E-state index is 0.0188. The number of aliphatic carboxylic acids is 1. The number of imidazole rings is 1. The van der Waals surface area contributed by atoms with E-state index in [9.17, 15) is 24.3 Å². The summed E-state index contributed by atoms with van der Waals surface area (Å²) in [4.78, 5) is 60.3. The van der Waals surface area contributed by atoms with E-state index in [0.717, 1.165) is 16.5 Å². The second-order valence-electron chi connectivity index (χ2n) is 8.94. The molecule has 3 amide bonds. The fraction of sp³-hybridized carbons (Fsp3) is 0.400. The highest BCUT2D eigenvalue weighted by Crippen LogP contribution is 2.19. The van der Waals surface area contributed by atoms with Crippen molar-refractivity contribution in [2.24, 2.45) is 5.73 Å². The van der Waals surface area contributed by atoms with Gasteiger partial charge in [0.2, 0.25) is 17.7 Å². The van der Waals surface area contributed by atoms with Crippen molar-refractivity contribution >= 4 is 59.0 Å². The first-order valence-corrected chi connectivity index (χ1v) is 14.3. The molecule has 0 saturated carbocycles. The number of H-pyrrole nitrogens is 2. The topological polar surface area (TPSA) is 195 Å². The summed E-state index contributed by atoms with van der Waals surface area (Å²) in [5.41, 5.74) is 8.53. The molecule has 0 spiro atoms. The first kappa shape index (κ1) is 30.1. The molecule has 3 aromatic rings. The van der Waals surface area contributed by atoms with Gasteiger partial charge in [-0.05, 0) is 36.5 Å². The quantitative estimate of drug-likeness (QED) is 0.118. The highest BCUT2D eigenvalue weighted by atomic mass is 32.2. The summed E-state index contributed by atoms with van der Waals surface area (Å²) < 4.78 is 0. The Labute approximate surface area is 235 Å². The van der Waals surface area contributed by atoms with E-state index in [1.807, 2.05) is 36.7 Å². The summed E-state index contributed by atoms with van der Waals surface area (Å²) >= 11 is 5.66. The lowest BCUT2D eigenvalue weighted by molar-refractivity contribution is -0.142. The van der Waals surface area contributed by atoms with Crippen LogP contribution in [0.1, 0.15) is 17.7 Å². The number of para-hydroxylation sites is 1. The summed E-state index contributed by atoms with van der Waals surface area (Å²) in [6, 6.07) is 3.45. The van der Waals surface area contributed by atoms with Gasteiger partial charge in [-0.1, -0.05) is 18.2 Å². The minimum Gasteiger partial charge on any atom is -0.480 e. The van der Waals surface area contributed by atoms with Gasteiger partial charge in [-0.15, -0.1) is 0 Å². The first-order valence-electron chi connectivity index (χ1n) is 12.2. The number of rotatable bonds is 15. The molecular weight excluding hydrogens is 542 g/mol. The van der Waals surface area contributed by atoms with E-state index < -0.39 is 47.9 Å².